The molecule has 0 aliphatic carbocycles. The second-order valence-corrected chi connectivity index (χ2v) is 5.08. The van der Waals surface area contributed by atoms with Crippen molar-refractivity contribution in [1.29, 1.82) is 0 Å². The van der Waals surface area contributed by atoms with E-state index in [1.165, 1.54) is 0 Å². The van der Waals surface area contributed by atoms with Crippen molar-refractivity contribution in [3.8, 4) is 0 Å². The lowest BCUT2D eigenvalue weighted by Gasteiger charge is -2.26. The van der Waals surface area contributed by atoms with Crippen molar-refractivity contribution in [1.82, 2.24) is 0 Å². The third-order valence-corrected chi connectivity index (χ3v) is 2.03. The molecule has 0 saturated heterocycles. The van der Waals surface area contributed by atoms with Crippen LogP contribution in [0.5, 0.6) is 0 Å². The first-order valence-corrected chi connectivity index (χ1v) is 5.07. The van der Waals surface area contributed by atoms with E-state index in [-0.39, 0.29) is 11.5 Å². The minimum absolute atomic E-state index is 0.0448. The average molecular weight is 202 g/mol. The zero-order valence-electron chi connectivity index (χ0n) is 10.1. The summed E-state index contributed by atoms with van der Waals surface area (Å²) in [6.45, 7) is 12.3. The van der Waals surface area contributed by atoms with Gasteiger partial charge in [-0.2, -0.15) is 0 Å². The molecule has 0 spiro atoms. The summed E-state index contributed by atoms with van der Waals surface area (Å²) in [6.07, 6.45) is -0.705. The lowest BCUT2D eigenvalue weighted by atomic mass is 9.90. The summed E-state index contributed by atoms with van der Waals surface area (Å²) in [5, 5.41) is 0. The van der Waals surface area contributed by atoms with Crippen LogP contribution < -0.4 is 0 Å². The van der Waals surface area contributed by atoms with Gasteiger partial charge in [-0.1, -0.05) is 34.6 Å². The molecule has 3 heteroatoms. The highest BCUT2D eigenvalue weighted by Gasteiger charge is 2.24. The second-order valence-electron chi connectivity index (χ2n) is 5.08. The van der Waals surface area contributed by atoms with Crippen LogP contribution in [0.3, 0.4) is 0 Å². The minimum Gasteiger partial charge on any atom is -0.434 e. The lowest BCUT2D eigenvalue weighted by molar-refractivity contribution is -0.0123. The molecule has 14 heavy (non-hydrogen) atoms. The summed E-state index contributed by atoms with van der Waals surface area (Å²) in [6, 6.07) is 0. The van der Waals surface area contributed by atoms with Gasteiger partial charge in [-0.3, -0.25) is 0 Å². The van der Waals surface area contributed by atoms with Gasteiger partial charge >= 0.3 is 6.16 Å². The average Bonchev–Trinajstić information content (AvgIpc) is 1.99. The van der Waals surface area contributed by atoms with Gasteiger partial charge in [0.05, 0.1) is 6.61 Å². The maximum Gasteiger partial charge on any atom is 0.508 e. The molecule has 0 aromatic heterocycles. The van der Waals surface area contributed by atoms with Crippen LogP contribution in [-0.4, -0.2) is 18.9 Å². The highest BCUT2D eigenvalue weighted by Crippen LogP contribution is 2.21. The number of carbonyl (C=O) groups is 1. The summed E-state index contributed by atoms with van der Waals surface area (Å²) in [5.74, 6) is 0.340. The number of hydrogen-bond donors (Lipinski definition) is 0. The van der Waals surface area contributed by atoms with E-state index >= 15 is 0 Å². The summed E-state index contributed by atoms with van der Waals surface area (Å²) in [7, 11) is 0. The van der Waals surface area contributed by atoms with Crippen molar-refractivity contribution in [2.45, 2.75) is 47.6 Å². The van der Waals surface area contributed by atoms with Gasteiger partial charge in [-0.05, 0) is 18.3 Å². The molecule has 0 aromatic carbocycles. The highest BCUT2D eigenvalue weighted by molar-refractivity contribution is 5.60. The van der Waals surface area contributed by atoms with E-state index in [2.05, 4.69) is 0 Å². The third kappa shape index (κ3) is 5.84. The van der Waals surface area contributed by atoms with Crippen molar-refractivity contribution in [2.75, 3.05) is 6.61 Å². The Morgan fingerprint density at radius 3 is 2.07 bits per heavy atom. The van der Waals surface area contributed by atoms with Crippen LogP contribution >= 0.6 is 0 Å². The SMILES string of the molecule is CC(C)COC(=O)OC(C)C(C)(C)C. The number of ether oxygens (including phenoxy) is 2. The molecule has 0 bridgehead atoms. The zero-order valence-corrected chi connectivity index (χ0v) is 10.1. The topological polar surface area (TPSA) is 35.5 Å². The van der Waals surface area contributed by atoms with E-state index in [1.807, 2.05) is 41.5 Å². The molecule has 0 rings (SSSR count). The van der Waals surface area contributed by atoms with Gasteiger partial charge in [0, 0.05) is 0 Å². The number of carbonyl (C=O) groups excluding carboxylic acids is 1. The Hall–Kier alpha value is -0.730. The Kier molecular flexibility index (Phi) is 4.95. The molecule has 1 atom stereocenters. The lowest BCUT2D eigenvalue weighted by Crippen LogP contribution is -2.29. The molecule has 0 aliphatic rings. The van der Waals surface area contributed by atoms with Gasteiger partial charge in [-0.25, -0.2) is 4.79 Å². The number of rotatable bonds is 3. The third-order valence-electron chi connectivity index (χ3n) is 2.03. The minimum atomic E-state index is -0.568. The molecule has 0 N–H and O–H groups in total. The van der Waals surface area contributed by atoms with Gasteiger partial charge < -0.3 is 9.47 Å². The van der Waals surface area contributed by atoms with E-state index in [0.29, 0.717) is 12.5 Å². The molecule has 0 heterocycles. The fourth-order valence-corrected chi connectivity index (χ4v) is 0.590. The van der Waals surface area contributed by atoms with Crippen LogP contribution in [0.15, 0.2) is 0 Å². The Morgan fingerprint density at radius 1 is 1.21 bits per heavy atom. The molecule has 3 nitrogen and oxygen atoms in total. The molecular weight excluding hydrogens is 180 g/mol. The van der Waals surface area contributed by atoms with E-state index in [1.54, 1.807) is 0 Å². The maximum absolute atomic E-state index is 11.2. The van der Waals surface area contributed by atoms with E-state index in [0.717, 1.165) is 0 Å². The standard InChI is InChI=1S/C11H22O3/c1-8(2)7-13-10(12)14-9(3)11(4,5)6/h8-9H,7H2,1-6H3. The normalized spacial score (nSPS) is 13.9. The molecule has 0 amide bonds. The van der Waals surface area contributed by atoms with E-state index in [4.69, 9.17) is 9.47 Å². The molecule has 0 aromatic rings. The largest absolute Gasteiger partial charge is 0.508 e. The molecule has 0 fully saturated rings. The van der Waals surface area contributed by atoms with E-state index < -0.39 is 6.16 Å². The number of hydrogen-bond acceptors (Lipinski definition) is 3. The van der Waals surface area contributed by atoms with Gasteiger partial charge in [0.1, 0.15) is 6.10 Å². The Balaban J connectivity index is 3.84. The zero-order chi connectivity index (χ0) is 11.4. The Bertz CT molecular complexity index is 179. The van der Waals surface area contributed by atoms with Crippen molar-refractivity contribution < 1.29 is 14.3 Å². The highest BCUT2D eigenvalue weighted by atomic mass is 16.7. The van der Waals surface area contributed by atoms with Crippen molar-refractivity contribution in [3.63, 3.8) is 0 Å². The monoisotopic (exact) mass is 202 g/mol. The Labute approximate surface area is 86.8 Å². The molecular formula is C11H22O3. The van der Waals surface area contributed by atoms with Gasteiger partial charge in [0.15, 0.2) is 0 Å². The first kappa shape index (κ1) is 13.3. The van der Waals surface area contributed by atoms with Gasteiger partial charge in [0.2, 0.25) is 0 Å². The Morgan fingerprint density at radius 2 is 1.71 bits per heavy atom. The second kappa shape index (κ2) is 5.23. The maximum atomic E-state index is 11.2. The molecule has 0 radical (unpaired) electrons. The molecule has 84 valence electrons. The van der Waals surface area contributed by atoms with Crippen LogP contribution in [0, 0.1) is 11.3 Å². The quantitative estimate of drug-likeness (QED) is 0.659. The van der Waals surface area contributed by atoms with Crippen molar-refractivity contribution in [2.24, 2.45) is 11.3 Å². The molecule has 1 unspecified atom stereocenters. The van der Waals surface area contributed by atoms with Gasteiger partial charge in [0.25, 0.3) is 0 Å². The molecule has 0 aliphatic heterocycles. The summed E-state index contributed by atoms with van der Waals surface area (Å²) < 4.78 is 10.0. The van der Waals surface area contributed by atoms with Crippen LogP contribution in [0.25, 0.3) is 0 Å². The van der Waals surface area contributed by atoms with E-state index in [9.17, 15) is 4.79 Å². The fraction of sp³-hybridized carbons (Fsp3) is 0.909. The fourth-order valence-electron chi connectivity index (χ4n) is 0.590. The van der Waals surface area contributed by atoms with Gasteiger partial charge in [-0.15, -0.1) is 0 Å². The summed E-state index contributed by atoms with van der Waals surface area (Å²) in [5.41, 5.74) is -0.0448. The molecule has 0 saturated carbocycles. The van der Waals surface area contributed by atoms with Crippen LogP contribution in [0.4, 0.5) is 4.79 Å². The smallest absolute Gasteiger partial charge is 0.434 e. The summed E-state index contributed by atoms with van der Waals surface area (Å²) >= 11 is 0. The predicted molar refractivity (Wildman–Crippen MR) is 56.2 cm³/mol. The first-order chi connectivity index (χ1) is 6.23. The predicted octanol–water partition coefficient (Wildman–Crippen LogP) is 3.23. The van der Waals surface area contributed by atoms with Crippen LogP contribution in [0.2, 0.25) is 0 Å². The summed E-state index contributed by atoms with van der Waals surface area (Å²) in [4.78, 5) is 11.2. The van der Waals surface area contributed by atoms with Crippen molar-refractivity contribution >= 4 is 6.16 Å². The van der Waals surface area contributed by atoms with Crippen molar-refractivity contribution in [3.05, 3.63) is 0 Å². The first-order valence-electron chi connectivity index (χ1n) is 5.07. The van der Waals surface area contributed by atoms with Crippen LogP contribution in [0.1, 0.15) is 41.5 Å². The van der Waals surface area contributed by atoms with Crippen LogP contribution in [-0.2, 0) is 9.47 Å².